The Kier molecular flexibility index (Phi) is 4.74. The van der Waals surface area contributed by atoms with Crippen molar-refractivity contribution in [3.05, 3.63) is 21.9 Å². The number of carbonyl (C=O) groups excluding carboxylic acids is 2. The Labute approximate surface area is 120 Å². The highest BCUT2D eigenvalue weighted by molar-refractivity contribution is 7.14. The van der Waals surface area contributed by atoms with Gasteiger partial charge in [0.05, 0.1) is 23.0 Å². The lowest BCUT2D eigenvalue weighted by Crippen LogP contribution is -2.54. The summed E-state index contributed by atoms with van der Waals surface area (Å²) in [5, 5.41) is 8.63. The zero-order chi connectivity index (χ0) is 14.5. The normalized spacial score (nSPS) is 18.2. The van der Waals surface area contributed by atoms with Crippen LogP contribution in [0.15, 0.2) is 12.1 Å². The number of rotatable bonds is 2. The molecule has 0 bridgehead atoms. The number of hydrogen-bond donors (Lipinski definition) is 2. The fourth-order valence-electron chi connectivity index (χ4n) is 1.87. The van der Waals surface area contributed by atoms with Gasteiger partial charge in [-0.2, -0.15) is 0 Å². The van der Waals surface area contributed by atoms with E-state index in [1.807, 2.05) is 0 Å². The van der Waals surface area contributed by atoms with E-state index in [1.54, 1.807) is 12.1 Å². The summed E-state index contributed by atoms with van der Waals surface area (Å²) >= 11 is 1.22. The Morgan fingerprint density at radius 1 is 1.55 bits per heavy atom. The second kappa shape index (κ2) is 6.52. The van der Waals surface area contributed by atoms with Crippen molar-refractivity contribution in [2.45, 2.75) is 6.04 Å². The van der Waals surface area contributed by atoms with Gasteiger partial charge in [0, 0.05) is 6.54 Å². The van der Waals surface area contributed by atoms with Crippen LogP contribution in [0.2, 0.25) is 0 Å². The first-order valence-electron chi connectivity index (χ1n) is 6.01. The number of primary amides is 1. The van der Waals surface area contributed by atoms with E-state index in [-0.39, 0.29) is 19.1 Å². The lowest BCUT2D eigenvalue weighted by atomic mass is 10.2. The fraction of sp³-hybridized carbons (Fsp3) is 0.385. The molecule has 0 spiro atoms. The van der Waals surface area contributed by atoms with E-state index >= 15 is 0 Å². The number of carbonyl (C=O) groups is 2. The van der Waals surface area contributed by atoms with Gasteiger partial charge in [0.15, 0.2) is 0 Å². The van der Waals surface area contributed by atoms with E-state index in [1.165, 1.54) is 16.2 Å². The third-order valence-corrected chi connectivity index (χ3v) is 3.81. The third kappa shape index (κ3) is 3.17. The topological polar surface area (TPSA) is 92.9 Å². The number of nitrogens with zero attached hydrogens (tertiary/aromatic N) is 1. The number of hydrogen-bond acceptors (Lipinski definition) is 5. The van der Waals surface area contributed by atoms with Crippen LogP contribution >= 0.6 is 11.3 Å². The summed E-state index contributed by atoms with van der Waals surface area (Å²) in [7, 11) is 0. The van der Waals surface area contributed by atoms with Gasteiger partial charge in [0.25, 0.3) is 5.91 Å². The molecular formula is C13H14N2O4S. The summed E-state index contributed by atoms with van der Waals surface area (Å²) in [5.41, 5.74) is 5.28. The molecule has 7 heteroatoms. The molecule has 1 aromatic rings. The summed E-state index contributed by atoms with van der Waals surface area (Å²) in [6, 6.07) is 2.63. The van der Waals surface area contributed by atoms with Crippen LogP contribution in [0.25, 0.3) is 0 Å². The molecule has 1 atom stereocenters. The number of amides is 2. The standard InChI is InChI=1S/C13H14N2O4S/c14-12(17)10-8-19-7-5-15(10)13(18)11-4-3-9(20-11)2-1-6-16/h3-4,10,16H,5-8H2,(H2,14,17). The molecule has 0 aromatic carbocycles. The SMILES string of the molecule is NC(=O)C1COCCN1C(=O)c1ccc(C#CCO)s1. The molecule has 1 unspecified atom stereocenters. The van der Waals surface area contributed by atoms with Crippen LogP contribution < -0.4 is 5.73 Å². The Morgan fingerprint density at radius 3 is 3.05 bits per heavy atom. The van der Waals surface area contributed by atoms with Crippen LogP contribution in [-0.4, -0.2) is 54.2 Å². The van der Waals surface area contributed by atoms with Crippen molar-refractivity contribution in [2.24, 2.45) is 5.73 Å². The Balaban J connectivity index is 2.17. The van der Waals surface area contributed by atoms with E-state index < -0.39 is 11.9 Å². The number of aliphatic hydroxyl groups is 1. The molecule has 1 fully saturated rings. The summed E-state index contributed by atoms with van der Waals surface area (Å²) in [4.78, 5) is 26.3. The quantitative estimate of drug-likeness (QED) is 0.714. The average molecular weight is 294 g/mol. The predicted octanol–water partition coefficient (Wildman–Crippen LogP) is -0.582. The zero-order valence-electron chi connectivity index (χ0n) is 10.7. The van der Waals surface area contributed by atoms with Crippen LogP contribution in [0.3, 0.4) is 0 Å². The molecule has 3 N–H and O–H groups in total. The molecule has 2 heterocycles. The number of nitrogens with two attached hydrogens (primary N) is 1. The first-order valence-corrected chi connectivity index (χ1v) is 6.82. The largest absolute Gasteiger partial charge is 0.384 e. The first kappa shape index (κ1) is 14.5. The van der Waals surface area contributed by atoms with Crippen LogP contribution in [-0.2, 0) is 9.53 Å². The van der Waals surface area contributed by atoms with Crippen molar-refractivity contribution in [3.63, 3.8) is 0 Å². The van der Waals surface area contributed by atoms with Crippen molar-refractivity contribution in [1.82, 2.24) is 4.90 Å². The first-order chi connectivity index (χ1) is 9.63. The van der Waals surface area contributed by atoms with E-state index in [9.17, 15) is 9.59 Å². The van der Waals surface area contributed by atoms with E-state index in [0.29, 0.717) is 22.9 Å². The maximum absolute atomic E-state index is 12.4. The second-order valence-electron chi connectivity index (χ2n) is 4.12. The van der Waals surface area contributed by atoms with E-state index in [4.69, 9.17) is 15.6 Å². The van der Waals surface area contributed by atoms with Gasteiger partial charge in [-0.15, -0.1) is 11.3 Å². The van der Waals surface area contributed by atoms with Gasteiger partial charge in [-0.05, 0) is 12.1 Å². The molecule has 1 aliphatic heterocycles. The molecule has 1 aliphatic rings. The van der Waals surface area contributed by atoms with E-state index in [2.05, 4.69) is 11.8 Å². The van der Waals surface area contributed by atoms with E-state index in [0.717, 1.165) is 0 Å². The van der Waals surface area contributed by atoms with Crippen LogP contribution in [0.1, 0.15) is 14.5 Å². The smallest absolute Gasteiger partial charge is 0.264 e. The molecule has 2 amide bonds. The number of aliphatic hydroxyl groups excluding tert-OH is 1. The molecule has 106 valence electrons. The van der Waals surface area contributed by atoms with Crippen molar-refractivity contribution >= 4 is 23.2 Å². The highest BCUT2D eigenvalue weighted by Crippen LogP contribution is 2.20. The van der Waals surface area contributed by atoms with Gasteiger partial charge in [-0.3, -0.25) is 9.59 Å². The molecular weight excluding hydrogens is 280 g/mol. The maximum Gasteiger partial charge on any atom is 0.264 e. The van der Waals surface area contributed by atoms with Crippen molar-refractivity contribution in [2.75, 3.05) is 26.4 Å². The van der Waals surface area contributed by atoms with Crippen molar-refractivity contribution < 1.29 is 19.4 Å². The van der Waals surface area contributed by atoms with Crippen molar-refractivity contribution in [1.29, 1.82) is 0 Å². The minimum absolute atomic E-state index is 0.129. The molecule has 20 heavy (non-hydrogen) atoms. The minimum atomic E-state index is -0.731. The van der Waals surface area contributed by atoms with Crippen molar-refractivity contribution in [3.8, 4) is 11.8 Å². The maximum atomic E-state index is 12.4. The molecule has 0 radical (unpaired) electrons. The molecule has 0 saturated carbocycles. The summed E-state index contributed by atoms with van der Waals surface area (Å²) < 4.78 is 5.18. The number of morpholine rings is 1. The predicted molar refractivity (Wildman–Crippen MR) is 73.1 cm³/mol. The Morgan fingerprint density at radius 2 is 2.35 bits per heavy atom. The second-order valence-corrected chi connectivity index (χ2v) is 5.20. The lowest BCUT2D eigenvalue weighted by Gasteiger charge is -2.33. The molecule has 0 aliphatic carbocycles. The third-order valence-electron chi connectivity index (χ3n) is 2.83. The summed E-state index contributed by atoms with van der Waals surface area (Å²) in [5.74, 6) is 4.43. The molecule has 2 rings (SSSR count). The van der Waals surface area contributed by atoms with Gasteiger partial charge in [-0.25, -0.2) is 0 Å². The highest BCUT2D eigenvalue weighted by atomic mass is 32.1. The van der Waals surface area contributed by atoms with Crippen LogP contribution in [0.4, 0.5) is 0 Å². The summed E-state index contributed by atoms with van der Waals surface area (Å²) in [6.07, 6.45) is 0. The van der Waals surface area contributed by atoms with Gasteiger partial charge < -0.3 is 20.5 Å². The molecule has 6 nitrogen and oxygen atoms in total. The van der Waals surface area contributed by atoms with Crippen LogP contribution in [0, 0.1) is 11.8 Å². The van der Waals surface area contributed by atoms with Gasteiger partial charge >= 0.3 is 0 Å². The average Bonchev–Trinajstić information content (AvgIpc) is 2.93. The molecule has 1 saturated heterocycles. The Hall–Kier alpha value is -1.88. The van der Waals surface area contributed by atoms with Crippen LogP contribution in [0.5, 0.6) is 0 Å². The fourth-order valence-corrected chi connectivity index (χ4v) is 2.71. The zero-order valence-corrected chi connectivity index (χ0v) is 11.5. The summed E-state index contributed by atoms with van der Waals surface area (Å²) in [6.45, 7) is 0.623. The molecule has 1 aromatic heterocycles. The van der Waals surface area contributed by atoms with Gasteiger partial charge in [-0.1, -0.05) is 11.8 Å². The minimum Gasteiger partial charge on any atom is -0.384 e. The highest BCUT2D eigenvalue weighted by Gasteiger charge is 2.32. The lowest BCUT2D eigenvalue weighted by molar-refractivity contribution is -0.127. The number of thiophene rings is 1. The van der Waals surface area contributed by atoms with Gasteiger partial charge in [0.1, 0.15) is 12.6 Å². The van der Waals surface area contributed by atoms with Gasteiger partial charge in [0.2, 0.25) is 5.91 Å². The number of ether oxygens (including phenoxy) is 1. The monoisotopic (exact) mass is 294 g/mol. The Bertz CT molecular complexity index is 572.